The molecule has 0 aromatic heterocycles. The molecular weight excluding hydrogens is 383 g/mol. The number of methoxy groups -OCH3 is 1. The molecule has 7 heteroatoms. The van der Waals surface area contributed by atoms with E-state index in [2.05, 4.69) is 5.32 Å². The van der Waals surface area contributed by atoms with Gasteiger partial charge in [-0.15, -0.1) is 0 Å². The number of rotatable bonds is 8. The van der Waals surface area contributed by atoms with Crippen molar-refractivity contribution in [2.75, 3.05) is 13.7 Å². The molecule has 28 heavy (non-hydrogen) atoms. The molecule has 0 bridgehead atoms. The molecule has 1 atom stereocenters. The van der Waals surface area contributed by atoms with Crippen molar-refractivity contribution in [3.63, 3.8) is 0 Å². The van der Waals surface area contributed by atoms with Crippen LogP contribution in [-0.2, 0) is 22.6 Å². The number of carbonyl (C=O) groups excluding carboxylic acids is 2. The summed E-state index contributed by atoms with van der Waals surface area (Å²) in [6.45, 7) is 4.08. The fourth-order valence-electron chi connectivity index (χ4n) is 2.83. The van der Waals surface area contributed by atoms with Crippen molar-refractivity contribution in [1.29, 1.82) is 0 Å². The Labute approximate surface area is 169 Å². The second-order valence-corrected chi connectivity index (χ2v) is 6.73. The molecule has 0 spiro atoms. The molecule has 0 radical (unpaired) electrons. The van der Waals surface area contributed by atoms with Crippen LogP contribution < -0.4 is 10.1 Å². The van der Waals surface area contributed by atoms with E-state index >= 15 is 0 Å². The normalized spacial score (nSPS) is 11.6. The van der Waals surface area contributed by atoms with Crippen molar-refractivity contribution in [1.82, 2.24) is 10.2 Å². The van der Waals surface area contributed by atoms with Crippen LogP contribution in [0.4, 0.5) is 4.39 Å². The smallest absolute Gasteiger partial charge is 0.242 e. The van der Waals surface area contributed by atoms with Crippen molar-refractivity contribution in [2.24, 2.45) is 0 Å². The minimum atomic E-state index is -0.732. The lowest BCUT2D eigenvalue weighted by Crippen LogP contribution is -2.48. The highest BCUT2D eigenvalue weighted by Gasteiger charge is 2.27. The van der Waals surface area contributed by atoms with Gasteiger partial charge in [0.25, 0.3) is 0 Å². The predicted octanol–water partition coefficient (Wildman–Crippen LogP) is 3.58. The van der Waals surface area contributed by atoms with Gasteiger partial charge in [0.05, 0.1) is 13.5 Å². The number of likely N-dealkylation sites (N-methyl/N-ethyl adjacent to an activating group) is 1. The average molecular weight is 407 g/mol. The van der Waals surface area contributed by atoms with Crippen LogP contribution >= 0.6 is 11.6 Å². The van der Waals surface area contributed by atoms with Crippen LogP contribution in [0.5, 0.6) is 5.75 Å². The van der Waals surface area contributed by atoms with Gasteiger partial charge in [0.15, 0.2) is 0 Å². The van der Waals surface area contributed by atoms with Gasteiger partial charge in [-0.1, -0.05) is 29.8 Å². The third-order valence-electron chi connectivity index (χ3n) is 4.40. The van der Waals surface area contributed by atoms with Crippen LogP contribution in [0.3, 0.4) is 0 Å². The molecule has 5 nitrogen and oxygen atoms in total. The topological polar surface area (TPSA) is 58.6 Å². The van der Waals surface area contributed by atoms with E-state index in [0.29, 0.717) is 12.3 Å². The quantitative estimate of drug-likeness (QED) is 0.728. The number of amides is 2. The SMILES string of the molecule is CCNC(=O)[C@H](C)N(Cc1cccc(OC)c1)C(=O)Cc1c(F)cccc1Cl. The minimum Gasteiger partial charge on any atom is -0.497 e. The summed E-state index contributed by atoms with van der Waals surface area (Å²) in [6.07, 6.45) is -0.237. The molecular formula is C21H24ClFN2O3. The Hall–Kier alpha value is -2.60. The molecule has 2 aromatic carbocycles. The zero-order valence-electron chi connectivity index (χ0n) is 16.2. The van der Waals surface area contributed by atoms with Gasteiger partial charge in [0.1, 0.15) is 17.6 Å². The van der Waals surface area contributed by atoms with E-state index < -0.39 is 17.8 Å². The maximum absolute atomic E-state index is 14.1. The molecule has 0 saturated carbocycles. The number of nitrogens with one attached hydrogen (secondary N) is 1. The first-order chi connectivity index (χ1) is 13.4. The van der Waals surface area contributed by atoms with Gasteiger partial charge in [0, 0.05) is 23.7 Å². The monoisotopic (exact) mass is 406 g/mol. The van der Waals surface area contributed by atoms with E-state index in [1.807, 2.05) is 6.07 Å². The first kappa shape index (κ1) is 21.7. The highest BCUT2D eigenvalue weighted by atomic mass is 35.5. The number of ether oxygens (including phenoxy) is 1. The Morgan fingerprint density at radius 3 is 2.61 bits per heavy atom. The van der Waals surface area contributed by atoms with E-state index in [9.17, 15) is 14.0 Å². The predicted molar refractivity (Wildman–Crippen MR) is 107 cm³/mol. The molecule has 0 aliphatic carbocycles. The summed E-state index contributed by atoms with van der Waals surface area (Å²) in [5.41, 5.74) is 0.913. The molecule has 2 rings (SSSR count). The van der Waals surface area contributed by atoms with Gasteiger partial charge < -0.3 is 15.0 Å². The van der Waals surface area contributed by atoms with Crippen LogP contribution in [0.2, 0.25) is 5.02 Å². The number of nitrogens with zero attached hydrogens (tertiary/aromatic N) is 1. The second kappa shape index (κ2) is 10.1. The Kier molecular flexibility index (Phi) is 7.81. The van der Waals surface area contributed by atoms with Gasteiger partial charge in [0.2, 0.25) is 11.8 Å². The second-order valence-electron chi connectivity index (χ2n) is 6.32. The summed E-state index contributed by atoms with van der Waals surface area (Å²) in [4.78, 5) is 26.8. The number of carbonyl (C=O) groups is 2. The Morgan fingerprint density at radius 1 is 1.25 bits per heavy atom. The summed E-state index contributed by atoms with van der Waals surface area (Å²) in [5, 5.41) is 2.90. The van der Waals surface area contributed by atoms with Crippen LogP contribution in [0, 0.1) is 5.82 Å². The molecule has 0 heterocycles. The standard InChI is InChI=1S/C21H24ClFN2O3/c1-4-24-21(27)14(2)25(13-15-7-5-8-16(11-15)28-3)20(26)12-17-18(22)9-6-10-19(17)23/h5-11,14H,4,12-13H2,1-3H3,(H,24,27)/t14-/m0/s1. The third-order valence-corrected chi connectivity index (χ3v) is 4.75. The molecule has 0 fully saturated rings. The van der Waals surface area contributed by atoms with Crippen LogP contribution in [0.1, 0.15) is 25.0 Å². The zero-order valence-corrected chi connectivity index (χ0v) is 16.9. The Balaban J connectivity index is 2.31. The van der Waals surface area contributed by atoms with Crippen LogP contribution in [0.15, 0.2) is 42.5 Å². The lowest BCUT2D eigenvalue weighted by molar-refractivity contribution is -0.140. The zero-order chi connectivity index (χ0) is 20.7. The van der Waals surface area contributed by atoms with E-state index in [1.165, 1.54) is 23.1 Å². The van der Waals surface area contributed by atoms with E-state index in [1.54, 1.807) is 39.2 Å². The lowest BCUT2D eigenvalue weighted by atomic mass is 10.1. The van der Waals surface area contributed by atoms with Crippen LogP contribution in [-0.4, -0.2) is 36.4 Å². The summed E-state index contributed by atoms with van der Waals surface area (Å²) in [6, 6.07) is 10.8. The molecule has 2 aromatic rings. The van der Waals surface area contributed by atoms with Crippen molar-refractivity contribution in [3.05, 3.63) is 64.4 Å². The average Bonchev–Trinajstić information content (AvgIpc) is 2.68. The molecule has 150 valence electrons. The number of hydrogen-bond donors (Lipinski definition) is 1. The van der Waals surface area contributed by atoms with Gasteiger partial charge in [-0.3, -0.25) is 9.59 Å². The number of halogens is 2. The van der Waals surface area contributed by atoms with E-state index in [4.69, 9.17) is 16.3 Å². The van der Waals surface area contributed by atoms with Gasteiger partial charge in [-0.05, 0) is 43.7 Å². The highest BCUT2D eigenvalue weighted by molar-refractivity contribution is 6.31. The fourth-order valence-corrected chi connectivity index (χ4v) is 3.06. The molecule has 0 saturated heterocycles. The van der Waals surface area contributed by atoms with E-state index in [0.717, 1.165) is 5.56 Å². The summed E-state index contributed by atoms with van der Waals surface area (Å²) >= 11 is 6.06. The molecule has 0 unspecified atom stereocenters. The summed E-state index contributed by atoms with van der Waals surface area (Å²) < 4.78 is 19.4. The molecule has 0 aliphatic rings. The van der Waals surface area contributed by atoms with Crippen LogP contribution in [0.25, 0.3) is 0 Å². The van der Waals surface area contributed by atoms with Gasteiger partial charge >= 0.3 is 0 Å². The molecule has 0 aliphatic heterocycles. The van der Waals surface area contributed by atoms with E-state index in [-0.39, 0.29) is 29.5 Å². The number of hydrogen-bond acceptors (Lipinski definition) is 3. The first-order valence-corrected chi connectivity index (χ1v) is 9.38. The molecule has 2 amide bonds. The third kappa shape index (κ3) is 5.45. The Bertz CT molecular complexity index is 824. The first-order valence-electron chi connectivity index (χ1n) is 9.00. The van der Waals surface area contributed by atoms with Crippen molar-refractivity contribution in [3.8, 4) is 5.75 Å². The highest BCUT2D eigenvalue weighted by Crippen LogP contribution is 2.22. The summed E-state index contributed by atoms with van der Waals surface area (Å²) in [5.74, 6) is -0.576. The van der Waals surface area contributed by atoms with Crippen molar-refractivity contribution >= 4 is 23.4 Å². The Morgan fingerprint density at radius 2 is 1.96 bits per heavy atom. The minimum absolute atomic E-state index is 0.118. The molecule has 1 N–H and O–H groups in total. The van der Waals surface area contributed by atoms with Gasteiger partial charge in [-0.25, -0.2) is 4.39 Å². The maximum atomic E-state index is 14.1. The maximum Gasteiger partial charge on any atom is 0.242 e. The van der Waals surface area contributed by atoms with Gasteiger partial charge in [-0.2, -0.15) is 0 Å². The summed E-state index contributed by atoms with van der Waals surface area (Å²) in [7, 11) is 1.56. The van der Waals surface area contributed by atoms with Crippen molar-refractivity contribution in [2.45, 2.75) is 32.9 Å². The largest absolute Gasteiger partial charge is 0.497 e. The van der Waals surface area contributed by atoms with Crippen molar-refractivity contribution < 1.29 is 18.7 Å². The lowest BCUT2D eigenvalue weighted by Gasteiger charge is -2.29. The number of benzene rings is 2. The fraction of sp³-hybridized carbons (Fsp3) is 0.333.